The molecule has 1 amide bonds. The number of hydroxylamine groups is 2. The Bertz CT molecular complexity index is 1060. The van der Waals surface area contributed by atoms with E-state index in [4.69, 9.17) is 21.5 Å². The highest BCUT2D eigenvalue weighted by Gasteiger charge is 2.16. The lowest BCUT2D eigenvalue weighted by Crippen LogP contribution is -2.33. The Labute approximate surface area is 197 Å². The van der Waals surface area contributed by atoms with E-state index in [1.54, 1.807) is 6.07 Å². The van der Waals surface area contributed by atoms with Gasteiger partial charge in [0.25, 0.3) is 5.91 Å². The van der Waals surface area contributed by atoms with Crippen LogP contribution in [0.2, 0.25) is 5.02 Å². The molecule has 2 rings (SSSR count). The molecule has 0 aromatic heterocycles. The van der Waals surface area contributed by atoms with Gasteiger partial charge in [-0.15, -0.1) is 0 Å². The molecule has 0 unspecified atom stereocenters. The molecule has 0 aliphatic carbocycles. The van der Waals surface area contributed by atoms with Crippen LogP contribution in [0.1, 0.15) is 38.2 Å². The molecule has 0 aliphatic rings. The quantitative estimate of drug-likeness (QED) is 0.319. The van der Waals surface area contributed by atoms with Gasteiger partial charge in [-0.05, 0) is 61.2 Å². The summed E-state index contributed by atoms with van der Waals surface area (Å²) in [6.07, 6.45) is 1.87. The third kappa shape index (κ3) is 8.99. The fourth-order valence-corrected chi connectivity index (χ4v) is 4.05. The molecular weight excluding hydrogens is 475 g/mol. The number of aliphatic carboxylic acids is 1. The van der Waals surface area contributed by atoms with Crippen LogP contribution in [0.4, 0.5) is 4.39 Å². The molecule has 0 spiro atoms. The molecule has 180 valence electrons. The minimum absolute atomic E-state index is 0.0485. The van der Waals surface area contributed by atoms with Gasteiger partial charge in [-0.2, -0.15) is 5.06 Å². The molecule has 2 N–H and O–H groups in total. The highest BCUT2D eigenvalue weighted by atomic mass is 35.5. The van der Waals surface area contributed by atoms with Crippen LogP contribution in [0, 0.1) is 5.82 Å². The molecule has 0 heterocycles. The molecule has 2 aromatic rings. The number of benzene rings is 2. The maximum absolute atomic E-state index is 14.5. The molecule has 11 heteroatoms. The van der Waals surface area contributed by atoms with Crippen LogP contribution in [-0.2, 0) is 26.0 Å². The number of amides is 1. The third-order valence-corrected chi connectivity index (χ3v) is 6.37. The zero-order valence-electron chi connectivity index (χ0n) is 18.1. The smallest absolute Gasteiger partial charge is 0.303 e. The fourth-order valence-electron chi connectivity index (χ4n) is 2.90. The van der Waals surface area contributed by atoms with Crippen molar-refractivity contribution in [1.82, 2.24) is 9.79 Å². The van der Waals surface area contributed by atoms with Gasteiger partial charge in [-0.1, -0.05) is 24.1 Å². The Kier molecular flexibility index (Phi) is 10.1. The number of carbonyl (C=O) groups is 2. The number of carboxylic acid groups (broad SMARTS) is 1. The lowest BCUT2D eigenvalue weighted by atomic mass is 10.1. The van der Waals surface area contributed by atoms with Crippen LogP contribution in [-0.4, -0.2) is 43.6 Å². The third-order valence-electron chi connectivity index (χ3n) is 4.64. The highest BCUT2D eigenvalue weighted by molar-refractivity contribution is 7.89. The topological polar surface area (TPSA) is 113 Å². The van der Waals surface area contributed by atoms with Crippen LogP contribution in [0.3, 0.4) is 0 Å². The number of sulfonamides is 1. The second kappa shape index (κ2) is 12.5. The standard InChI is InChI=1S/C22H26ClFN2O6S/c1-16(27)26(14-4-2-3-5-22(28)29)32-21-11-6-17(15-20(21)24)12-13-25-33(30,31)19-9-7-18(23)8-10-19/h6-11,15,25H,2-5,12-14H2,1H3,(H,28,29). The van der Waals surface area contributed by atoms with Crippen LogP contribution in [0.5, 0.6) is 5.75 Å². The van der Waals surface area contributed by atoms with E-state index < -0.39 is 27.7 Å². The van der Waals surface area contributed by atoms with Gasteiger partial charge < -0.3 is 9.94 Å². The van der Waals surface area contributed by atoms with Crippen molar-refractivity contribution >= 4 is 33.5 Å². The normalized spacial score (nSPS) is 11.2. The monoisotopic (exact) mass is 500 g/mol. The molecule has 0 aliphatic heterocycles. The highest BCUT2D eigenvalue weighted by Crippen LogP contribution is 2.20. The Morgan fingerprint density at radius 3 is 2.42 bits per heavy atom. The van der Waals surface area contributed by atoms with Crippen LogP contribution in [0.15, 0.2) is 47.4 Å². The van der Waals surface area contributed by atoms with Gasteiger partial charge in [0.05, 0.1) is 11.4 Å². The summed E-state index contributed by atoms with van der Waals surface area (Å²) in [5.74, 6) is -2.12. The Hall–Kier alpha value is -2.69. The van der Waals surface area contributed by atoms with Crippen molar-refractivity contribution in [2.45, 2.75) is 43.9 Å². The maximum Gasteiger partial charge on any atom is 0.303 e. The van der Waals surface area contributed by atoms with Gasteiger partial charge in [0.2, 0.25) is 10.0 Å². The van der Waals surface area contributed by atoms with Crippen molar-refractivity contribution in [3.63, 3.8) is 0 Å². The first kappa shape index (κ1) is 26.6. The van der Waals surface area contributed by atoms with Crippen LogP contribution < -0.4 is 9.56 Å². The van der Waals surface area contributed by atoms with Gasteiger partial charge in [0, 0.05) is 24.9 Å². The van der Waals surface area contributed by atoms with E-state index in [2.05, 4.69) is 4.72 Å². The SMILES string of the molecule is CC(=O)N(CCCCCC(=O)O)Oc1ccc(CCNS(=O)(=O)c2ccc(Cl)cc2)cc1F. The molecule has 0 fully saturated rings. The van der Waals surface area contributed by atoms with Crippen molar-refractivity contribution in [3.05, 3.63) is 58.9 Å². The summed E-state index contributed by atoms with van der Waals surface area (Å²) in [4.78, 5) is 27.8. The number of rotatable bonds is 13. The minimum atomic E-state index is -3.71. The summed E-state index contributed by atoms with van der Waals surface area (Å²) in [5.41, 5.74) is 0.543. The summed E-state index contributed by atoms with van der Waals surface area (Å²) in [6.45, 7) is 1.54. The Morgan fingerprint density at radius 1 is 1.12 bits per heavy atom. The largest absolute Gasteiger partial charge is 0.481 e. The summed E-state index contributed by atoms with van der Waals surface area (Å²) >= 11 is 5.77. The van der Waals surface area contributed by atoms with E-state index in [0.29, 0.717) is 29.8 Å². The van der Waals surface area contributed by atoms with Crippen LogP contribution in [0.25, 0.3) is 0 Å². The number of carbonyl (C=O) groups excluding carboxylic acids is 1. The maximum atomic E-state index is 14.5. The second-order valence-corrected chi connectivity index (χ2v) is 9.49. The number of hydrogen-bond acceptors (Lipinski definition) is 5. The zero-order chi connectivity index (χ0) is 24.4. The predicted molar refractivity (Wildman–Crippen MR) is 121 cm³/mol. The molecule has 2 aromatic carbocycles. The number of halogens is 2. The van der Waals surface area contributed by atoms with E-state index in [-0.39, 0.29) is 36.6 Å². The minimum Gasteiger partial charge on any atom is -0.481 e. The predicted octanol–water partition coefficient (Wildman–Crippen LogP) is 3.79. The van der Waals surface area contributed by atoms with Gasteiger partial charge >= 0.3 is 5.97 Å². The first-order chi connectivity index (χ1) is 15.6. The van der Waals surface area contributed by atoms with Gasteiger partial charge in [0.1, 0.15) is 0 Å². The zero-order valence-corrected chi connectivity index (χ0v) is 19.7. The van der Waals surface area contributed by atoms with Crippen LogP contribution >= 0.6 is 11.6 Å². The molecule has 0 saturated heterocycles. The summed E-state index contributed by atoms with van der Waals surface area (Å²) in [6, 6.07) is 9.91. The fraction of sp³-hybridized carbons (Fsp3) is 0.364. The van der Waals surface area contributed by atoms with Crippen molar-refractivity contribution in [2.24, 2.45) is 0 Å². The summed E-state index contributed by atoms with van der Waals surface area (Å²) in [5, 5.41) is 10.1. The van der Waals surface area contributed by atoms with Gasteiger partial charge in [-0.3, -0.25) is 9.59 Å². The number of nitrogens with zero attached hydrogens (tertiary/aromatic N) is 1. The van der Waals surface area contributed by atoms with Gasteiger partial charge in [-0.25, -0.2) is 17.5 Å². The molecule has 0 saturated carbocycles. The molecule has 33 heavy (non-hydrogen) atoms. The summed E-state index contributed by atoms with van der Waals surface area (Å²) in [7, 11) is -3.71. The van der Waals surface area contributed by atoms with Crippen molar-refractivity contribution < 1.29 is 32.3 Å². The molecule has 0 bridgehead atoms. The summed E-state index contributed by atoms with van der Waals surface area (Å²) < 4.78 is 41.5. The first-order valence-electron chi connectivity index (χ1n) is 10.3. The van der Waals surface area contributed by atoms with E-state index in [1.807, 2.05) is 0 Å². The van der Waals surface area contributed by atoms with Crippen molar-refractivity contribution in [1.29, 1.82) is 0 Å². The van der Waals surface area contributed by atoms with E-state index in [1.165, 1.54) is 43.3 Å². The molecular formula is C22H26ClFN2O6S. The number of carboxylic acids is 1. The Morgan fingerprint density at radius 2 is 1.82 bits per heavy atom. The number of unbranched alkanes of at least 4 members (excludes halogenated alkanes) is 2. The Balaban J connectivity index is 1.89. The van der Waals surface area contributed by atoms with E-state index in [9.17, 15) is 22.4 Å². The average Bonchev–Trinajstić information content (AvgIpc) is 2.74. The number of nitrogens with one attached hydrogen (secondary N) is 1. The van der Waals surface area contributed by atoms with Crippen molar-refractivity contribution in [2.75, 3.05) is 13.1 Å². The first-order valence-corrected chi connectivity index (χ1v) is 12.2. The molecule has 0 radical (unpaired) electrons. The molecule has 0 atom stereocenters. The van der Waals surface area contributed by atoms with E-state index in [0.717, 1.165) is 5.06 Å². The van der Waals surface area contributed by atoms with Gasteiger partial charge in [0.15, 0.2) is 11.6 Å². The molecule has 8 nitrogen and oxygen atoms in total. The average molecular weight is 501 g/mol. The van der Waals surface area contributed by atoms with E-state index >= 15 is 0 Å². The lowest BCUT2D eigenvalue weighted by Gasteiger charge is -2.21. The second-order valence-electron chi connectivity index (χ2n) is 7.28. The lowest BCUT2D eigenvalue weighted by molar-refractivity contribution is -0.155. The van der Waals surface area contributed by atoms with Crippen molar-refractivity contribution in [3.8, 4) is 5.75 Å². The number of hydrogen-bond donors (Lipinski definition) is 2.